The number of halogens is 1. The Balaban J connectivity index is 2.43. The number of hydrogen-bond acceptors (Lipinski definition) is 3. The number of carbonyl (C=O) groups is 1. The normalized spacial score (nSPS) is 30.6. The molecule has 1 amide bonds. The van der Waals surface area contributed by atoms with Crippen molar-refractivity contribution in [2.45, 2.75) is 25.0 Å². The quantitative estimate of drug-likeness (QED) is 0.688. The lowest BCUT2D eigenvalue weighted by atomic mass is 9.97. The van der Waals surface area contributed by atoms with Crippen molar-refractivity contribution < 1.29 is 14.6 Å². The Bertz CT molecular complexity index is 284. The molecule has 0 spiro atoms. The minimum Gasteiger partial charge on any atom is -0.385 e. The van der Waals surface area contributed by atoms with Crippen LogP contribution >= 0.6 is 15.9 Å². The number of carbonyl (C=O) groups excluding carboxylic acids is 1. The number of ether oxygens (including phenoxy) is 1. The van der Waals surface area contributed by atoms with Gasteiger partial charge in [-0.05, 0) is 11.8 Å². The molecule has 1 rings (SSSR count). The highest BCUT2D eigenvalue weighted by molar-refractivity contribution is 9.12. The van der Waals surface area contributed by atoms with Crippen LogP contribution in [0.15, 0.2) is 0 Å². The molecule has 0 aliphatic carbocycles. The van der Waals surface area contributed by atoms with Crippen molar-refractivity contribution in [2.24, 2.45) is 0 Å². The number of amides is 1. The summed E-state index contributed by atoms with van der Waals surface area (Å²) in [5, 5.41) is 12.5. The lowest BCUT2D eigenvalue weighted by Gasteiger charge is -2.25. The third-order valence-electron chi connectivity index (χ3n) is 2.38. The third kappa shape index (κ3) is 2.71. The number of aliphatic hydroxyl groups is 1. The summed E-state index contributed by atoms with van der Waals surface area (Å²) in [6.07, 6.45) is 0.288. The van der Waals surface area contributed by atoms with Gasteiger partial charge in [0, 0.05) is 41.4 Å². The van der Waals surface area contributed by atoms with E-state index in [-0.39, 0.29) is 12.6 Å². The van der Waals surface area contributed by atoms with Crippen LogP contribution in [-0.2, 0) is 9.53 Å². The van der Waals surface area contributed by atoms with Gasteiger partial charge in [0.1, 0.15) is 5.60 Å². The molecular weight excluding hydrogens is 250 g/mol. The predicted molar refractivity (Wildman–Crippen MR) is 54.7 cm³/mol. The fourth-order valence-electron chi connectivity index (χ4n) is 1.32. The van der Waals surface area contributed by atoms with E-state index in [9.17, 15) is 9.90 Å². The van der Waals surface area contributed by atoms with Gasteiger partial charge in [0.05, 0.1) is 6.10 Å². The highest BCUT2D eigenvalue weighted by Gasteiger charge is 2.39. The Morgan fingerprint density at radius 1 is 1.86 bits per heavy atom. The second kappa shape index (κ2) is 4.78. The average molecular weight is 262 g/mol. The van der Waals surface area contributed by atoms with Crippen molar-refractivity contribution in [1.82, 2.24) is 5.32 Å². The standard InChI is InChI=1S/C9H12BrNO3/c1-7-9(13,3-5-14-7)6-11-8(12)2-4-10/h7,13H,3,5-6H2,1H3,(H,11,12). The van der Waals surface area contributed by atoms with Gasteiger partial charge in [0.15, 0.2) is 0 Å². The van der Waals surface area contributed by atoms with E-state index in [4.69, 9.17) is 4.74 Å². The van der Waals surface area contributed by atoms with E-state index in [1.807, 2.05) is 0 Å². The van der Waals surface area contributed by atoms with Crippen LogP contribution in [0.1, 0.15) is 13.3 Å². The smallest absolute Gasteiger partial charge is 0.296 e. The third-order valence-corrected chi connectivity index (χ3v) is 2.57. The van der Waals surface area contributed by atoms with Gasteiger partial charge >= 0.3 is 0 Å². The van der Waals surface area contributed by atoms with E-state index in [1.165, 1.54) is 0 Å². The molecule has 1 aliphatic heterocycles. The van der Waals surface area contributed by atoms with Crippen LogP contribution in [0.4, 0.5) is 0 Å². The van der Waals surface area contributed by atoms with Crippen molar-refractivity contribution >= 4 is 21.8 Å². The van der Waals surface area contributed by atoms with Crippen LogP contribution in [0, 0.1) is 10.8 Å². The zero-order valence-electron chi connectivity index (χ0n) is 7.84. The van der Waals surface area contributed by atoms with Crippen molar-refractivity contribution in [3.05, 3.63) is 0 Å². The second-order valence-corrected chi connectivity index (χ2v) is 3.67. The summed E-state index contributed by atoms with van der Waals surface area (Å²) in [5.74, 6) is 1.86. The number of rotatable bonds is 2. The van der Waals surface area contributed by atoms with E-state index in [0.29, 0.717) is 13.0 Å². The van der Waals surface area contributed by atoms with Gasteiger partial charge in [-0.2, -0.15) is 0 Å². The second-order valence-electron chi connectivity index (χ2n) is 3.27. The lowest BCUT2D eigenvalue weighted by molar-refractivity contribution is -0.117. The summed E-state index contributed by atoms with van der Waals surface area (Å²) in [4.78, 5) is 13.3. The molecule has 14 heavy (non-hydrogen) atoms. The van der Waals surface area contributed by atoms with Crippen molar-refractivity contribution in [2.75, 3.05) is 13.2 Å². The summed E-state index contributed by atoms with van der Waals surface area (Å²) in [7, 11) is 0. The van der Waals surface area contributed by atoms with Gasteiger partial charge in [-0.3, -0.25) is 4.79 Å². The summed E-state index contributed by atoms with van der Waals surface area (Å²) in [6.45, 7) is 2.49. The molecule has 2 unspecified atom stereocenters. The monoisotopic (exact) mass is 261 g/mol. The molecule has 0 radical (unpaired) electrons. The summed E-state index contributed by atoms with van der Waals surface area (Å²) in [5.41, 5.74) is -0.955. The molecule has 2 atom stereocenters. The first-order valence-corrected chi connectivity index (χ1v) is 5.11. The first-order chi connectivity index (χ1) is 6.58. The number of nitrogens with one attached hydrogen (secondary N) is 1. The summed E-state index contributed by atoms with van der Waals surface area (Å²) in [6, 6.07) is 0. The van der Waals surface area contributed by atoms with Gasteiger partial charge in [-0.25, -0.2) is 0 Å². The van der Waals surface area contributed by atoms with Crippen LogP contribution in [0.3, 0.4) is 0 Å². The fraction of sp³-hybridized carbons (Fsp3) is 0.667. The van der Waals surface area contributed by atoms with E-state index in [1.54, 1.807) is 6.92 Å². The Labute approximate surface area is 91.1 Å². The van der Waals surface area contributed by atoms with Crippen LogP contribution in [0.2, 0.25) is 0 Å². The first-order valence-electron chi connectivity index (χ1n) is 4.32. The highest BCUT2D eigenvalue weighted by atomic mass is 79.9. The molecular formula is C9H12BrNO3. The molecule has 0 bridgehead atoms. The van der Waals surface area contributed by atoms with E-state index < -0.39 is 11.5 Å². The van der Waals surface area contributed by atoms with E-state index in [2.05, 4.69) is 32.0 Å². The zero-order chi connectivity index (χ0) is 10.6. The van der Waals surface area contributed by atoms with Crippen LogP contribution in [-0.4, -0.2) is 35.9 Å². The Hall–Kier alpha value is -0.570. The van der Waals surface area contributed by atoms with E-state index >= 15 is 0 Å². The van der Waals surface area contributed by atoms with Gasteiger partial charge in [-0.15, -0.1) is 0 Å². The average Bonchev–Trinajstić information content (AvgIpc) is 2.46. The van der Waals surface area contributed by atoms with Crippen molar-refractivity contribution in [3.8, 4) is 10.8 Å². The minimum absolute atomic E-state index is 0.175. The van der Waals surface area contributed by atoms with Crippen LogP contribution in [0.25, 0.3) is 0 Å². The predicted octanol–water partition coefficient (Wildman–Crippen LogP) is -0.00170. The van der Waals surface area contributed by atoms with Crippen molar-refractivity contribution in [1.29, 1.82) is 0 Å². The fourth-order valence-corrected chi connectivity index (χ4v) is 1.50. The van der Waals surface area contributed by atoms with Crippen molar-refractivity contribution in [3.63, 3.8) is 0 Å². The maximum atomic E-state index is 11.0. The maximum absolute atomic E-state index is 11.0. The summed E-state index contributed by atoms with van der Waals surface area (Å²) < 4.78 is 5.21. The number of hydrogen-bond donors (Lipinski definition) is 2. The maximum Gasteiger partial charge on any atom is 0.296 e. The van der Waals surface area contributed by atoms with Gasteiger partial charge in [-0.1, -0.05) is 0 Å². The Morgan fingerprint density at radius 2 is 2.57 bits per heavy atom. The van der Waals surface area contributed by atoms with Gasteiger partial charge in [0.2, 0.25) is 0 Å². The summed E-state index contributed by atoms with van der Waals surface area (Å²) >= 11 is 2.82. The Kier molecular flexibility index (Phi) is 3.93. The largest absolute Gasteiger partial charge is 0.385 e. The molecule has 1 fully saturated rings. The van der Waals surface area contributed by atoms with Gasteiger partial charge in [0.25, 0.3) is 5.91 Å². The highest BCUT2D eigenvalue weighted by Crippen LogP contribution is 2.24. The first kappa shape index (κ1) is 11.5. The molecule has 0 aromatic carbocycles. The van der Waals surface area contributed by atoms with Gasteiger partial charge < -0.3 is 15.2 Å². The Morgan fingerprint density at radius 3 is 3.07 bits per heavy atom. The molecule has 1 heterocycles. The van der Waals surface area contributed by atoms with E-state index in [0.717, 1.165) is 0 Å². The van der Waals surface area contributed by atoms with Crippen LogP contribution < -0.4 is 5.32 Å². The molecule has 2 N–H and O–H groups in total. The topological polar surface area (TPSA) is 58.6 Å². The zero-order valence-corrected chi connectivity index (χ0v) is 9.43. The molecule has 0 aromatic rings. The van der Waals surface area contributed by atoms with Crippen LogP contribution in [0.5, 0.6) is 0 Å². The SMILES string of the molecule is CC1OCCC1(O)CNC(=O)C#CBr. The molecule has 4 nitrogen and oxygen atoms in total. The molecule has 1 saturated heterocycles. The molecule has 5 heteroatoms. The molecule has 0 aromatic heterocycles. The molecule has 78 valence electrons. The molecule has 1 aliphatic rings. The lowest BCUT2D eigenvalue weighted by Crippen LogP contribution is -2.47. The minimum atomic E-state index is -0.955. The molecule has 0 saturated carbocycles.